The Morgan fingerprint density at radius 3 is 2.42 bits per heavy atom. The number of hydrogen-bond donors (Lipinski definition) is 8. The highest BCUT2D eigenvalue weighted by atomic mass is 16.7. The number of nitrogens with one attached hydrogen (secondary N) is 2. The molecule has 1 aliphatic carbocycles. The zero-order valence-electron chi connectivity index (χ0n) is 31.1. The molecule has 8 N–H and O–H groups in total. The van der Waals surface area contributed by atoms with Gasteiger partial charge in [-0.05, 0) is 51.8 Å². The summed E-state index contributed by atoms with van der Waals surface area (Å²) < 4.78 is 33.2. The molecule has 0 spiro atoms. The first kappa shape index (κ1) is 43.9. The van der Waals surface area contributed by atoms with Gasteiger partial charge in [0.25, 0.3) is 0 Å². The largest absolute Gasteiger partial charge is 0.460 e. The monoisotopic (exact) mass is 780 g/mol. The topological polar surface area (TPSA) is 269 Å². The second-order valence-corrected chi connectivity index (χ2v) is 14.4. The molecule has 306 valence electrons. The summed E-state index contributed by atoms with van der Waals surface area (Å²) in [6.45, 7) is 5.04. The van der Waals surface area contributed by atoms with Gasteiger partial charge in [0.05, 0.1) is 37.5 Å². The summed E-state index contributed by atoms with van der Waals surface area (Å²) >= 11 is 0. The molecule has 0 bridgehead atoms. The quantitative estimate of drug-likeness (QED) is 0.0895. The van der Waals surface area contributed by atoms with Gasteiger partial charge in [0.1, 0.15) is 61.2 Å². The number of esters is 2. The van der Waals surface area contributed by atoms with Crippen LogP contribution < -0.4 is 10.6 Å². The molecule has 2 heterocycles. The van der Waals surface area contributed by atoms with E-state index in [1.54, 1.807) is 45.0 Å². The summed E-state index contributed by atoms with van der Waals surface area (Å²) in [5.41, 5.74) is -0.0313. The highest BCUT2D eigenvalue weighted by Gasteiger charge is 2.45. The molecule has 55 heavy (non-hydrogen) atoms. The van der Waals surface area contributed by atoms with Crippen molar-refractivity contribution >= 4 is 29.8 Å². The van der Waals surface area contributed by atoms with Gasteiger partial charge in [-0.2, -0.15) is 0 Å². The van der Waals surface area contributed by atoms with E-state index in [-0.39, 0.29) is 43.8 Å². The van der Waals surface area contributed by atoms with Crippen LogP contribution >= 0.6 is 0 Å². The minimum Gasteiger partial charge on any atom is -0.460 e. The third kappa shape index (κ3) is 12.1. The molecule has 2 amide bonds. The maximum Gasteiger partial charge on any atom is 0.339 e. The maximum atomic E-state index is 13.5. The summed E-state index contributed by atoms with van der Waals surface area (Å²) in [5, 5.41) is 64.8. The van der Waals surface area contributed by atoms with Gasteiger partial charge in [-0.15, -0.1) is 0 Å². The van der Waals surface area contributed by atoms with Crippen molar-refractivity contribution < 1.29 is 78.2 Å². The number of carbonyl (C=O) groups excluding carboxylic acids is 4. The van der Waals surface area contributed by atoms with E-state index >= 15 is 0 Å². The van der Waals surface area contributed by atoms with Crippen LogP contribution in [0.3, 0.4) is 0 Å². The number of carbonyl (C=O) groups is 4. The second-order valence-electron chi connectivity index (χ2n) is 14.4. The summed E-state index contributed by atoms with van der Waals surface area (Å²) in [5.74, 6) is -2.81. The van der Waals surface area contributed by atoms with E-state index in [0.717, 1.165) is 0 Å². The van der Waals surface area contributed by atoms with Crippen LogP contribution in [0.2, 0.25) is 0 Å². The Labute approximate surface area is 318 Å². The first-order chi connectivity index (χ1) is 26.0. The molecule has 18 heteroatoms. The molecular formula is C37H52N2O16. The lowest BCUT2D eigenvalue weighted by Gasteiger charge is -2.39. The lowest BCUT2D eigenvalue weighted by Crippen LogP contribution is -2.59. The fraction of sp³-hybridized carbons (Fsp3) is 0.622. The third-order valence-electron chi connectivity index (χ3n) is 8.97. The van der Waals surface area contributed by atoms with Gasteiger partial charge in [-0.3, -0.25) is 14.4 Å². The van der Waals surface area contributed by atoms with Crippen molar-refractivity contribution in [1.29, 1.82) is 0 Å². The molecule has 2 aliphatic heterocycles. The second kappa shape index (κ2) is 19.9. The van der Waals surface area contributed by atoms with E-state index < -0.39 is 110 Å². The Morgan fingerprint density at radius 2 is 1.75 bits per heavy atom. The van der Waals surface area contributed by atoms with E-state index in [1.165, 1.54) is 25.1 Å². The zero-order chi connectivity index (χ0) is 40.4. The van der Waals surface area contributed by atoms with E-state index in [2.05, 4.69) is 10.6 Å². The highest BCUT2D eigenvalue weighted by Crippen LogP contribution is 2.31. The van der Waals surface area contributed by atoms with Crippen molar-refractivity contribution in [1.82, 2.24) is 10.6 Å². The minimum atomic E-state index is -1.60. The summed E-state index contributed by atoms with van der Waals surface area (Å²) in [6.07, 6.45) is -6.67. The lowest BCUT2D eigenvalue weighted by atomic mass is 9.91. The predicted octanol–water partition coefficient (Wildman–Crippen LogP) is -1.42. The fourth-order valence-corrected chi connectivity index (χ4v) is 6.11. The number of hydrogen-bond acceptors (Lipinski definition) is 16. The van der Waals surface area contributed by atoms with Gasteiger partial charge < -0.3 is 69.7 Å². The molecular weight excluding hydrogens is 728 g/mol. The lowest BCUT2D eigenvalue weighted by molar-refractivity contribution is -0.298. The van der Waals surface area contributed by atoms with Crippen molar-refractivity contribution in [2.24, 2.45) is 0 Å². The number of fused-ring (bicyclic) bond motifs is 1. The van der Waals surface area contributed by atoms with Gasteiger partial charge >= 0.3 is 11.9 Å². The van der Waals surface area contributed by atoms with Gasteiger partial charge in [-0.25, -0.2) is 4.79 Å². The molecule has 2 saturated heterocycles. The van der Waals surface area contributed by atoms with Gasteiger partial charge in [0.15, 0.2) is 6.29 Å². The van der Waals surface area contributed by atoms with Crippen LogP contribution in [0.15, 0.2) is 42.0 Å². The maximum absolute atomic E-state index is 13.5. The van der Waals surface area contributed by atoms with Crippen molar-refractivity contribution in [3.63, 3.8) is 0 Å². The smallest absolute Gasteiger partial charge is 0.339 e. The Bertz CT molecular complexity index is 1540. The van der Waals surface area contributed by atoms with Crippen LogP contribution in [0.1, 0.15) is 62.9 Å². The van der Waals surface area contributed by atoms with E-state index in [0.29, 0.717) is 5.56 Å². The first-order valence-electron chi connectivity index (χ1n) is 18.0. The molecule has 18 nitrogen and oxygen atoms in total. The molecule has 1 aromatic carbocycles. The van der Waals surface area contributed by atoms with Crippen molar-refractivity contribution in [3.8, 4) is 0 Å². The van der Waals surface area contributed by atoms with Crippen LogP contribution in [0, 0.1) is 0 Å². The molecule has 0 radical (unpaired) electrons. The van der Waals surface area contributed by atoms with E-state index in [4.69, 9.17) is 28.4 Å². The van der Waals surface area contributed by atoms with Gasteiger partial charge in [0, 0.05) is 18.4 Å². The van der Waals surface area contributed by atoms with Crippen LogP contribution in [-0.2, 0) is 42.8 Å². The Morgan fingerprint density at radius 1 is 1.02 bits per heavy atom. The molecule has 3 aliphatic rings. The summed E-state index contributed by atoms with van der Waals surface area (Å²) in [7, 11) is 0. The van der Waals surface area contributed by atoms with Gasteiger partial charge in [0.2, 0.25) is 11.8 Å². The molecule has 0 saturated carbocycles. The van der Waals surface area contributed by atoms with Crippen LogP contribution in [0.25, 0.3) is 6.08 Å². The average molecular weight is 781 g/mol. The Balaban J connectivity index is 1.37. The highest BCUT2D eigenvalue weighted by molar-refractivity contribution is 5.98. The molecule has 0 unspecified atom stereocenters. The fourth-order valence-electron chi connectivity index (χ4n) is 6.11. The molecule has 4 rings (SSSR count). The van der Waals surface area contributed by atoms with Crippen LogP contribution in [0.5, 0.6) is 0 Å². The number of aliphatic hydroxyl groups excluding tert-OH is 6. The van der Waals surface area contributed by atoms with Gasteiger partial charge in [-0.1, -0.05) is 30.4 Å². The predicted molar refractivity (Wildman–Crippen MR) is 189 cm³/mol. The van der Waals surface area contributed by atoms with Crippen molar-refractivity contribution in [2.75, 3.05) is 26.6 Å². The summed E-state index contributed by atoms with van der Waals surface area (Å²) in [4.78, 5) is 52.4. The molecule has 1 aromatic rings. The average Bonchev–Trinajstić information content (AvgIpc) is 3.62. The standard InChI is InChI=1S/C37H52N2O16/c1-19(42)28(34(48)38-22(16-40)11-12-27(43)55-37(2,3)4)39-33(47)21-14-24-32(52-18-51-24)25(15-21)53-35(49)23-10-6-5-8-20(23)9-7-13-50-36-31(46)30(45)29(44)26(17-41)54-36/h5-10,14,19,22,24-26,28-32,36,40-42,44-46H,11-13,15-18H2,1-4H3,(H,38,48)(H,39,47)/t19-,22-,24+,25+,26+,28+,29-,30-,31+,32+,36-/m0/s1. The number of aliphatic hydroxyl groups is 6. The third-order valence-corrected chi connectivity index (χ3v) is 8.97. The number of benzene rings is 1. The number of amides is 2. The molecule has 2 fully saturated rings. The van der Waals surface area contributed by atoms with Crippen molar-refractivity contribution in [3.05, 3.63) is 53.1 Å². The van der Waals surface area contributed by atoms with E-state index in [9.17, 15) is 49.8 Å². The molecule has 11 atom stereocenters. The zero-order valence-corrected chi connectivity index (χ0v) is 31.1. The van der Waals surface area contributed by atoms with Crippen LogP contribution in [0.4, 0.5) is 0 Å². The van der Waals surface area contributed by atoms with Crippen molar-refractivity contribution in [2.45, 2.75) is 120 Å². The molecule has 0 aromatic heterocycles. The van der Waals surface area contributed by atoms with E-state index in [1.807, 2.05) is 0 Å². The summed E-state index contributed by atoms with van der Waals surface area (Å²) in [6, 6.07) is 4.15. The Kier molecular flexibility index (Phi) is 15.9. The number of ether oxygens (including phenoxy) is 6. The minimum absolute atomic E-state index is 0.0467. The first-order valence-corrected chi connectivity index (χ1v) is 18.0. The SMILES string of the molecule is C[C@H](O)[C@@H](NC(=O)C1=C[C@H]2OCO[C@H]2[C@H](OC(=O)c2ccccc2C=CCO[C@H]2O[C@H](CO)[C@H](O)[C@H](O)[C@H]2O)C1)C(=O)N[C@H](CO)CCC(=O)OC(C)(C)C. The normalized spacial score (nSPS) is 28.4. The Hall–Kier alpha value is -3.82. The number of rotatable bonds is 16. The van der Waals surface area contributed by atoms with Crippen LogP contribution in [-0.4, -0.2) is 154 Å².